The fraction of sp³-hybridized carbons (Fsp3) is 0.368. The lowest BCUT2D eigenvalue weighted by molar-refractivity contribution is -0.141. The summed E-state index contributed by atoms with van der Waals surface area (Å²) in [5.41, 5.74) is -0.406. The van der Waals surface area contributed by atoms with Crippen molar-refractivity contribution in [2.45, 2.75) is 66.0 Å². The summed E-state index contributed by atoms with van der Waals surface area (Å²) in [6.45, 7) is 10.4. The predicted octanol–water partition coefficient (Wildman–Crippen LogP) is 5.40. The van der Waals surface area contributed by atoms with Crippen molar-refractivity contribution < 1.29 is 45.4 Å². The number of amides is 2. The van der Waals surface area contributed by atoms with E-state index in [4.69, 9.17) is 9.47 Å². The van der Waals surface area contributed by atoms with E-state index < -0.39 is 47.5 Å². The van der Waals surface area contributed by atoms with E-state index in [1.807, 2.05) is 0 Å². The quantitative estimate of drug-likeness (QED) is 0.119. The molecule has 0 aromatic carbocycles. The number of carbonyl (C=O) groups excluding carboxylic acids is 2. The highest BCUT2D eigenvalue weighted by Gasteiger charge is 2.34. The van der Waals surface area contributed by atoms with Gasteiger partial charge in [-0.05, 0) is 59.7 Å². The van der Waals surface area contributed by atoms with Crippen LogP contribution in [-0.4, -0.2) is 120 Å². The molecular formula is C38H38F6N14O4. The van der Waals surface area contributed by atoms with E-state index in [-0.39, 0.29) is 66.7 Å². The molecule has 6 heterocycles. The zero-order chi connectivity index (χ0) is 44.9. The van der Waals surface area contributed by atoms with Crippen LogP contribution in [0.5, 0.6) is 11.9 Å². The number of rotatable bonds is 15. The highest BCUT2D eigenvalue weighted by molar-refractivity contribution is 5.99. The standard InChI is InChI=1S/C38H38F6N14O4/c1-7-55(22(4)19-61-31-18-45-30(17-46-31)38(42,43)44)34(59)26-10-9-21(3)52-32(26)58-51-16-29(54-58)27-13-28(33(53-24(27)6)57-49-11-12-50-57)35(60)56(8-2)23(5)20-62-36-47-14-25(15-48-36)37(39,40)41/h9-18,22-23H,7-8,19-20H2,1-6H3/t22-,23-/m0/s1. The van der Waals surface area contributed by atoms with Crippen LogP contribution in [0.1, 0.15) is 71.1 Å². The molecule has 0 aliphatic carbocycles. The normalized spacial score (nSPS) is 12.8. The molecule has 0 saturated heterocycles. The number of pyridine rings is 2. The second-order valence-corrected chi connectivity index (χ2v) is 13.6. The number of aromatic nitrogens is 12. The van der Waals surface area contributed by atoms with Crippen molar-refractivity contribution in [1.29, 1.82) is 0 Å². The average Bonchev–Trinajstić information content (AvgIpc) is 3.96. The van der Waals surface area contributed by atoms with Gasteiger partial charge in [0.25, 0.3) is 11.8 Å². The molecule has 0 aliphatic rings. The smallest absolute Gasteiger partial charge is 0.434 e. The molecule has 62 heavy (non-hydrogen) atoms. The summed E-state index contributed by atoms with van der Waals surface area (Å²) in [6.07, 6.45) is -2.41. The van der Waals surface area contributed by atoms with Gasteiger partial charge in [-0.15, -0.1) is 14.7 Å². The molecule has 0 aliphatic heterocycles. The van der Waals surface area contributed by atoms with Gasteiger partial charge < -0.3 is 19.3 Å². The summed E-state index contributed by atoms with van der Waals surface area (Å²) in [4.78, 5) is 57.3. The van der Waals surface area contributed by atoms with Gasteiger partial charge in [-0.1, -0.05) is 0 Å². The Morgan fingerprint density at radius 2 is 1.32 bits per heavy atom. The molecule has 0 fully saturated rings. The van der Waals surface area contributed by atoms with Gasteiger partial charge in [0.15, 0.2) is 17.3 Å². The molecule has 6 aromatic heterocycles. The van der Waals surface area contributed by atoms with E-state index in [0.29, 0.717) is 35.5 Å². The SMILES string of the molecule is CCN(C(=O)c1ccc(C)nc1-n1ncc(-c2cc(C(=O)N(CC)[C@@H](C)COc3ncc(C(F)(F)F)cn3)c(-n3nccn3)nc2C)n1)[C@@H](C)COc1cnc(C(F)(F)F)cn1. The van der Waals surface area contributed by atoms with Crippen LogP contribution in [0.2, 0.25) is 0 Å². The molecule has 2 amide bonds. The Bertz CT molecular complexity index is 2500. The lowest BCUT2D eigenvalue weighted by Gasteiger charge is -2.28. The number of likely N-dealkylation sites (N-methyl/N-ethyl adjacent to an activating group) is 2. The summed E-state index contributed by atoms with van der Waals surface area (Å²) < 4.78 is 88.9. The predicted molar refractivity (Wildman–Crippen MR) is 204 cm³/mol. The van der Waals surface area contributed by atoms with Gasteiger partial charge >= 0.3 is 18.4 Å². The van der Waals surface area contributed by atoms with Crippen LogP contribution in [0.4, 0.5) is 26.3 Å². The molecule has 0 bridgehead atoms. The monoisotopic (exact) mass is 868 g/mol. The molecule has 0 spiro atoms. The highest BCUT2D eigenvalue weighted by Crippen LogP contribution is 2.30. The van der Waals surface area contributed by atoms with E-state index in [0.717, 1.165) is 6.20 Å². The van der Waals surface area contributed by atoms with Gasteiger partial charge in [0.05, 0.1) is 59.8 Å². The zero-order valence-electron chi connectivity index (χ0n) is 33.9. The van der Waals surface area contributed by atoms with Crippen molar-refractivity contribution in [3.63, 3.8) is 0 Å². The van der Waals surface area contributed by atoms with Crippen molar-refractivity contribution in [2.75, 3.05) is 26.3 Å². The van der Waals surface area contributed by atoms with Crippen LogP contribution in [0.3, 0.4) is 0 Å². The molecule has 0 unspecified atom stereocenters. The van der Waals surface area contributed by atoms with E-state index in [1.54, 1.807) is 59.7 Å². The number of hydrogen-bond donors (Lipinski definition) is 0. The Hall–Kier alpha value is -7.14. The Morgan fingerprint density at radius 3 is 1.90 bits per heavy atom. The lowest BCUT2D eigenvalue weighted by Crippen LogP contribution is -2.42. The Balaban J connectivity index is 1.26. The minimum absolute atomic E-state index is 0.0671. The molecule has 18 nitrogen and oxygen atoms in total. The third-order valence-electron chi connectivity index (χ3n) is 9.30. The Kier molecular flexibility index (Phi) is 13.1. The summed E-state index contributed by atoms with van der Waals surface area (Å²) in [6, 6.07) is 3.25. The van der Waals surface area contributed by atoms with Gasteiger partial charge in [-0.25, -0.2) is 29.9 Å². The fourth-order valence-electron chi connectivity index (χ4n) is 6.11. The largest absolute Gasteiger partial charge is 0.474 e. The van der Waals surface area contributed by atoms with E-state index in [2.05, 4.69) is 50.3 Å². The third-order valence-corrected chi connectivity index (χ3v) is 9.30. The van der Waals surface area contributed by atoms with Crippen molar-refractivity contribution in [1.82, 2.24) is 69.7 Å². The number of ether oxygens (including phenoxy) is 2. The maximum absolute atomic E-state index is 14.4. The average molecular weight is 869 g/mol. The first-order chi connectivity index (χ1) is 29.4. The van der Waals surface area contributed by atoms with Gasteiger partial charge in [-0.2, -0.15) is 41.6 Å². The second kappa shape index (κ2) is 18.2. The van der Waals surface area contributed by atoms with Crippen molar-refractivity contribution in [3.05, 3.63) is 95.3 Å². The van der Waals surface area contributed by atoms with Crippen LogP contribution in [-0.2, 0) is 12.4 Å². The molecule has 0 N–H and O–H groups in total. The van der Waals surface area contributed by atoms with Crippen LogP contribution < -0.4 is 9.47 Å². The van der Waals surface area contributed by atoms with Gasteiger partial charge in [-0.3, -0.25) is 9.59 Å². The minimum atomic E-state index is -4.66. The van der Waals surface area contributed by atoms with E-state index in [1.165, 1.54) is 38.0 Å². The topological polar surface area (TPSA) is 198 Å². The summed E-state index contributed by atoms with van der Waals surface area (Å²) >= 11 is 0. The molecule has 2 atom stereocenters. The minimum Gasteiger partial charge on any atom is -0.474 e. The van der Waals surface area contributed by atoms with Crippen molar-refractivity contribution >= 4 is 11.8 Å². The Morgan fingerprint density at radius 1 is 0.710 bits per heavy atom. The van der Waals surface area contributed by atoms with E-state index in [9.17, 15) is 35.9 Å². The van der Waals surface area contributed by atoms with Crippen LogP contribution >= 0.6 is 0 Å². The zero-order valence-corrected chi connectivity index (χ0v) is 33.9. The van der Waals surface area contributed by atoms with Gasteiger partial charge in [0, 0.05) is 42.4 Å². The molecule has 6 aromatic rings. The number of carbonyl (C=O) groups is 2. The number of nitrogens with zero attached hydrogens (tertiary/aromatic N) is 14. The molecule has 0 saturated carbocycles. The van der Waals surface area contributed by atoms with Crippen LogP contribution in [0.25, 0.3) is 22.9 Å². The molecular weight excluding hydrogens is 830 g/mol. The number of halogens is 6. The van der Waals surface area contributed by atoms with Crippen molar-refractivity contribution in [3.8, 4) is 34.8 Å². The first-order valence-corrected chi connectivity index (χ1v) is 18.8. The third kappa shape index (κ3) is 9.90. The summed E-state index contributed by atoms with van der Waals surface area (Å²) in [7, 11) is 0. The maximum atomic E-state index is 14.4. The van der Waals surface area contributed by atoms with Crippen molar-refractivity contribution in [2.24, 2.45) is 0 Å². The lowest BCUT2D eigenvalue weighted by atomic mass is 10.1. The molecule has 6 rings (SSSR count). The Labute approximate surface area is 349 Å². The second-order valence-electron chi connectivity index (χ2n) is 13.6. The number of aryl methyl sites for hydroxylation is 2. The van der Waals surface area contributed by atoms with Crippen LogP contribution in [0, 0.1) is 13.8 Å². The molecule has 0 radical (unpaired) electrons. The molecule has 326 valence electrons. The number of hydrogen-bond acceptors (Lipinski definition) is 14. The number of alkyl halides is 6. The van der Waals surface area contributed by atoms with Gasteiger partial charge in [0.1, 0.15) is 18.9 Å². The first-order valence-electron chi connectivity index (χ1n) is 18.8. The van der Waals surface area contributed by atoms with E-state index >= 15 is 0 Å². The highest BCUT2D eigenvalue weighted by atomic mass is 19.4. The van der Waals surface area contributed by atoms with Crippen LogP contribution in [0.15, 0.2) is 61.6 Å². The summed E-state index contributed by atoms with van der Waals surface area (Å²) in [5, 5.41) is 17.4. The van der Waals surface area contributed by atoms with Gasteiger partial charge in [0.2, 0.25) is 5.88 Å². The summed E-state index contributed by atoms with van der Waals surface area (Å²) in [5.74, 6) is -0.943. The maximum Gasteiger partial charge on any atom is 0.434 e. The molecule has 24 heteroatoms. The first kappa shape index (κ1) is 44.4. The fourth-order valence-corrected chi connectivity index (χ4v) is 6.11.